The molecule has 2 amide bonds. The Morgan fingerprint density at radius 2 is 1.63 bits per heavy atom. The Balaban J connectivity index is 1.16. The molecule has 1 aromatic carbocycles. The van der Waals surface area contributed by atoms with Gasteiger partial charge in [0.05, 0.1) is 0 Å². The highest BCUT2D eigenvalue weighted by molar-refractivity contribution is 5.75. The van der Waals surface area contributed by atoms with Crippen LogP contribution in [0.15, 0.2) is 30.3 Å². The van der Waals surface area contributed by atoms with Gasteiger partial charge in [0, 0.05) is 49.4 Å². The molecule has 1 aromatic heterocycles. The molecule has 4 aliphatic carbocycles. The summed E-state index contributed by atoms with van der Waals surface area (Å²) in [5.41, 5.74) is 3.60. The van der Waals surface area contributed by atoms with E-state index < -0.39 is 0 Å². The van der Waals surface area contributed by atoms with Crippen LogP contribution in [0, 0.1) is 31.6 Å². The molecule has 1 N–H and O–H groups in total. The van der Waals surface area contributed by atoms with E-state index in [2.05, 4.69) is 57.4 Å². The van der Waals surface area contributed by atoms with Gasteiger partial charge in [0.25, 0.3) is 0 Å². The highest BCUT2D eigenvalue weighted by atomic mass is 16.2. The molecule has 186 valence electrons. The quantitative estimate of drug-likeness (QED) is 0.688. The molecule has 2 aromatic rings. The zero-order valence-electron chi connectivity index (χ0n) is 21.3. The van der Waals surface area contributed by atoms with Crippen LogP contribution in [-0.2, 0) is 6.42 Å². The minimum atomic E-state index is 0.0710. The van der Waals surface area contributed by atoms with Crippen molar-refractivity contribution in [1.82, 2.24) is 20.2 Å². The van der Waals surface area contributed by atoms with Crippen molar-refractivity contribution in [2.75, 3.05) is 31.1 Å². The van der Waals surface area contributed by atoms with Gasteiger partial charge >= 0.3 is 6.03 Å². The number of hydrogen-bond acceptors (Lipinski definition) is 4. The van der Waals surface area contributed by atoms with Crippen molar-refractivity contribution in [1.29, 1.82) is 0 Å². The molecule has 4 bridgehead atoms. The maximum atomic E-state index is 13.5. The number of aromatic nitrogens is 2. The molecule has 2 heterocycles. The van der Waals surface area contributed by atoms with E-state index in [0.717, 1.165) is 74.1 Å². The maximum Gasteiger partial charge on any atom is 0.317 e. The molecular formula is C29H39N5O. The third kappa shape index (κ3) is 4.64. The standard InChI is InChI=1S/C29H39N5O/c1-20-26(16-22-7-4-3-5-8-22)27(31-21(2)30-20)33-9-6-10-34(12-11-33)28(35)32-29-17-23-13-24(18-29)15-25(14-23)19-29/h3-5,7-8,23-25H,6,9-19H2,1-2H3,(H,32,35). The molecule has 5 fully saturated rings. The van der Waals surface area contributed by atoms with Gasteiger partial charge in [-0.3, -0.25) is 0 Å². The van der Waals surface area contributed by atoms with Crippen molar-refractivity contribution in [3.63, 3.8) is 0 Å². The number of amides is 2. The summed E-state index contributed by atoms with van der Waals surface area (Å²) in [6, 6.07) is 10.7. The SMILES string of the molecule is Cc1nc(C)c(Cc2ccccc2)c(N2CCCN(C(=O)NC34CC5CC(CC(C5)C3)C4)CC2)n1. The van der Waals surface area contributed by atoms with Gasteiger partial charge in [-0.15, -0.1) is 0 Å². The summed E-state index contributed by atoms with van der Waals surface area (Å²) in [5.74, 6) is 4.38. The van der Waals surface area contributed by atoms with E-state index in [1.54, 1.807) is 0 Å². The number of rotatable bonds is 4. The van der Waals surface area contributed by atoms with Gasteiger partial charge < -0.3 is 15.1 Å². The molecule has 6 nitrogen and oxygen atoms in total. The van der Waals surface area contributed by atoms with Crippen molar-refractivity contribution in [2.45, 2.75) is 70.8 Å². The summed E-state index contributed by atoms with van der Waals surface area (Å²) in [7, 11) is 0. The van der Waals surface area contributed by atoms with Crippen molar-refractivity contribution >= 4 is 11.8 Å². The fraction of sp³-hybridized carbons (Fsp3) is 0.621. The van der Waals surface area contributed by atoms with E-state index in [-0.39, 0.29) is 11.6 Å². The first-order chi connectivity index (χ1) is 17.0. The number of benzene rings is 1. The summed E-state index contributed by atoms with van der Waals surface area (Å²) >= 11 is 0. The Morgan fingerprint density at radius 3 is 2.31 bits per heavy atom. The Labute approximate surface area is 209 Å². The minimum absolute atomic E-state index is 0.0710. The average molecular weight is 474 g/mol. The lowest BCUT2D eigenvalue weighted by Gasteiger charge is -2.57. The molecule has 1 saturated heterocycles. The fourth-order valence-corrected chi connectivity index (χ4v) is 7.89. The van der Waals surface area contributed by atoms with Gasteiger partial charge in [0.15, 0.2) is 0 Å². The lowest BCUT2D eigenvalue weighted by molar-refractivity contribution is -0.0155. The molecule has 0 unspecified atom stereocenters. The van der Waals surface area contributed by atoms with E-state index in [0.29, 0.717) is 0 Å². The van der Waals surface area contributed by atoms with Crippen molar-refractivity contribution in [2.24, 2.45) is 17.8 Å². The Hall–Kier alpha value is -2.63. The molecule has 0 radical (unpaired) electrons. The van der Waals surface area contributed by atoms with E-state index in [9.17, 15) is 4.79 Å². The normalized spacial score (nSPS) is 29.8. The minimum Gasteiger partial charge on any atom is -0.354 e. The molecule has 5 aliphatic rings. The summed E-state index contributed by atoms with van der Waals surface area (Å²) in [6.45, 7) is 7.35. The predicted molar refractivity (Wildman–Crippen MR) is 139 cm³/mol. The summed E-state index contributed by atoms with van der Waals surface area (Å²) in [6.07, 6.45) is 9.59. The monoisotopic (exact) mass is 473 g/mol. The van der Waals surface area contributed by atoms with Crippen molar-refractivity contribution < 1.29 is 4.79 Å². The molecule has 6 heteroatoms. The second-order valence-corrected chi connectivity index (χ2v) is 11.8. The van der Waals surface area contributed by atoms with Crippen LogP contribution in [0.1, 0.15) is 67.6 Å². The molecule has 0 atom stereocenters. The third-order valence-corrected chi connectivity index (χ3v) is 9.02. The summed E-state index contributed by atoms with van der Waals surface area (Å²) in [4.78, 5) is 27.5. The Morgan fingerprint density at radius 1 is 0.943 bits per heavy atom. The molecule has 35 heavy (non-hydrogen) atoms. The average Bonchev–Trinajstić information content (AvgIpc) is 3.07. The van der Waals surface area contributed by atoms with Gasteiger partial charge in [-0.25, -0.2) is 14.8 Å². The summed E-state index contributed by atoms with van der Waals surface area (Å²) < 4.78 is 0. The highest BCUT2D eigenvalue weighted by Crippen LogP contribution is 2.55. The van der Waals surface area contributed by atoms with Gasteiger partial charge in [0.2, 0.25) is 0 Å². The number of hydrogen-bond donors (Lipinski definition) is 1. The predicted octanol–water partition coefficient (Wildman–Crippen LogP) is 4.87. The zero-order valence-corrected chi connectivity index (χ0v) is 21.3. The second kappa shape index (κ2) is 9.11. The third-order valence-electron chi connectivity index (χ3n) is 9.02. The first kappa shape index (κ1) is 22.8. The Kier molecular flexibility index (Phi) is 5.93. The molecule has 1 aliphatic heterocycles. The lowest BCUT2D eigenvalue weighted by atomic mass is 9.53. The topological polar surface area (TPSA) is 61.4 Å². The van der Waals surface area contributed by atoms with Crippen LogP contribution >= 0.6 is 0 Å². The molecular weight excluding hydrogens is 434 g/mol. The fourth-order valence-electron chi connectivity index (χ4n) is 7.89. The highest BCUT2D eigenvalue weighted by Gasteiger charge is 2.51. The van der Waals surface area contributed by atoms with Crippen LogP contribution in [0.25, 0.3) is 0 Å². The van der Waals surface area contributed by atoms with Crippen LogP contribution in [-0.4, -0.2) is 52.6 Å². The number of carbonyl (C=O) groups excluding carboxylic acids is 1. The number of nitrogens with zero attached hydrogens (tertiary/aromatic N) is 4. The second-order valence-electron chi connectivity index (χ2n) is 11.8. The van der Waals surface area contributed by atoms with Gasteiger partial charge in [-0.1, -0.05) is 30.3 Å². The number of aryl methyl sites for hydroxylation is 2. The first-order valence-electron chi connectivity index (χ1n) is 13.7. The van der Waals surface area contributed by atoms with E-state index in [1.165, 1.54) is 49.7 Å². The number of nitrogens with one attached hydrogen (secondary N) is 1. The van der Waals surface area contributed by atoms with Crippen LogP contribution in [0.2, 0.25) is 0 Å². The van der Waals surface area contributed by atoms with E-state index in [4.69, 9.17) is 4.98 Å². The number of anilines is 1. The molecule has 4 saturated carbocycles. The Bertz CT molecular complexity index is 1050. The summed E-state index contributed by atoms with van der Waals surface area (Å²) in [5, 5.41) is 3.58. The van der Waals surface area contributed by atoms with Crippen LogP contribution in [0.5, 0.6) is 0 Å². The van der Waals surface area contributed by atoms with Crippen LogP contribution in [0.4, 0.5) is 10.6 Å². The van der Waals surface area contributed by atoms with Crippen molar-refractivity contribution in [3.8, 4) is 0 Å². The molecule has 0 spiro atoms. The van der Waals surface area contributed by atoms with Crippen molar-refractivity contribution in [3.05, 3.63) is 53.0 Å². The van der Waals surface area contributed by atoms with Gasteiger partial charge in [-0.05, 0) is 82.1 Å². The van der Waals surface area contributed by atoms with E-state index >= 15 is 0 Å². The zero-order chi connectivity index (χ0) is 24.0. The maximum absolute atomic E-state index is 13.5. The number of carbonyl (C=O) groups is 1. The molecule has 7 rings (SSSR count). The van der Waals surface area contributed by atoms with Gasteiger partial charge in [0.1, 0.15) is 11.6 Å². The lowest BCUT2D eigenvalue weighted by Crippen LogP contribution is -2.62. The van der Waals surface area contributed by atoms with E-state index in [1.807, 2.05) is 6.92 Å². The van der Waals surface area contributed by atoms with Crippen LogP contribution in [0.3, 0.4) is 0 Å². The number of urea groups is 1. The van der Waals surface area contributed by atoms with Crippen LogP contribution < -0.4 is 10.2 Å². The smallest absolute Gasteiger partial charge is 0.317 e. The first-order valence-corrected chi connectivity index (χ1v) is 13.7. The van der Waals surface area contributed by atoms with Gasteiger partial charge in [-0.2, -0.15) is 0 Å². The largest absolute Gasteiger partial charge is 0.354 e.